The average molecular weight is 254 g/mol. The van der Waals surface area contributed by atoms with Crippen LogP contribution in [-0.4, -0.2) is 5.91 Å². The van der Waals surface area contributed by atoms with E-state index in [1.807, 2.05) is 6.07 Å². The lowest BCUT2D eigenvalue weighted by Gasteiger charge is -2.08. The Bertz CT molecular complexity index is 376. The van der Waals surface area contributed by atoms with Crippen LogP contribution in [0.15, 0.2) is 18.2 Å². The summed E-state index contributed by atoms with van der Waals surface area (Å²) in [7, 11) is 0. The number of carbonyl (C=O) groups excluding carboxylic acids is 1. The molecule has 3 heteroatoms. The van der Waals surface area contributed by atoms with Crippen molar-refractivity contribution >= 4 is 27.5 Å². The molecule has 74 valence electrons. The maximum absolute atomic E-state index is 11.1. The molecule has 1 heterocycles. The molecule has 0 saturated carbocycles. The number of hydrogen-bond acceptors (Lipinski definition) is 1. The maximum atomic E-state index is 11.1. The highest BCUT2D eigenvalue weighted by Gasteiger charge is 2.18. The van der Waals surface area contributed by atoms with Gasteiger partial charge in [0, 0.05) is 10.5 Å². The van der Waals surface area contributed by atoms with E-state index in [1.165, 1.54) is 5.56 Å². The van der Waals surface area contributed by atoms with E-state index in [-0.39, 0.29) is 5.91 Å². The van der Waals surface area contributed by atoms with Crippen molar-refractivity contribution in [1.82, 2.24) is 0 Å². The van der Waals surface area contributed by atoms with Gasteiger partial charge in [0.1, 0.15) is 0 Å². The Hall–Kier alpha value is -0.830. The van der Waals surface area contributed by atoms with Crippen LogP contribution in [0.4, 0.5) is 5.69 Å². The molecule has 1 aliphatic rings. The molecule has 0 saturated heterocycles. The molecule has 2 rings (SSSR count). The molecule has 1 aliphatic heterocycles. The van der Waals surface area contributed by atoms with Crippen molar-refractivity contribution in [1.29, 1.82) is 0 Å². The van der Waals surface area contributed by atoms with Gasteiger partial charge in [-0.2, -0.15) is 0 Å². The van der Waals surface area contributed by atoms with Crippen molar-refractivity contribution in [2.24, 2.45) is 0 Å². The van der Waals surface area contributed by atoms with Crippen LogP contribution in [0.3, 0.4) is 0 Å². The Balaban J connectivity index is 2.32. The molecule has 2 nitrogen and oxygen atoms in total. The molecule has 0 radical (unpaired) electrons. The van der Waals surface area contributed by atoms with Crippen molar-refractivity contribution in [3.63, 3.8) is 0 Å². The zero-order chi connectivity index (χ0) is 10.1. The van der Waals surface area contributed by atoms with Gasteiger partial charge in [-0.1, -0.05) is 35.0 Å². The summed E-state index contributed by atoms with van der Waals surface area (Å²) in [6.45, 7) is 2.13. The van der Waals surface area contributed by atoms with Crippen molar-refractivity contribution in [3.05, 3.63) is 29.3 Å². The van der Waals surface area contributed by atoms with Gasteiger partial charge in [0.15, 0.2) is 0 Å². The molecule has 1 N–H and O–H groups in total. The van der Waals surface area contributed by atoms with E-state index in [1.54, 1.807) is 0 Å². The fraction of sp³-hybridized carbons (Fsp3) is 0.364. The van der Waals surface area contributed by atoms with E-state index in [0.717, 1.165) is 17.7 Å². The first kappa shape index (κ1) is 9.71. The first-order chi connectivity index (χ1) is 6.70. The van der Waals surface area contributed by atoms with E-state index in [4.69, 9.17) is 0 Å². The third kappa shape index (κ3) is 1.69. The minimum atomic E-state index is 0.0970. The highest BCUT2D eigenvalue weighted by molar-refractivity contribution is 9.09. The number of alkyl halides is 1. The summed E-state index contributed by atoms with van der Waals surface area (Å²) < 4.78 is 0. The molecule has 0 aliphatic carbocycles. The Labute approximate surface area is 91.8 Å². The van der Waals surface area contributed by atoms with E-state index < -0.39 is 0 Å². The first-order valence-corrected chi connectivity index (χ1v) is 5.69. The van der Waals surface area contributed by atoms with Gasteiger partial charge in [0.05, 0.1) is 6.42 Å². The topological polar surface area (TPSA) is 29.1 Å². The van der Waals surface area contributed by atoms with Gasteiger partial charge >= 0.3 is 0 Å². The third-order valence-electron chi connectivity index (χ3n) is 2.47. The first-order valence-electron chi connectivity index (χ1n) is 4.77. The van der Waals surface area contributed by atoms with Crippen LogP contribution in [0.1, 0.15) is 29.3 Å². The number of rotatable bonds is 2. The van der Waals surface area contributed by atoms with Crippen LogP contribution < -0.4 is 5.32 Å². The predicted molar refractivity (Wildman–Crippen MR) is 60.7 cm³/mol. The Morgan fingerprint density at radius 1 is 1.57 bits per heavy atom. The van der Waals surface area contributed by atoms with Crippen molar-refractivity contribution < 1.29 is 4.79 Å². The number of halogens is 1. The van der Waals surface area contributed by atoms with Crippen molar-refractivity contribution in [2.45, 2.75) is 24.6 Å². The summed E-state index contributed by atoms with van der Waals surface area (Å²) in [5.74, 6) is 0.0970. The summed E-state index contributed by atoms with van der Waals surface area (Å²) in [4.78, 5) is 11.5. The molecule has 1 unspecified atom stereocenters. The monoisotopic (exact) mass is 253 g/mol. The summed E-state index contributed by atoms with van der Waals surface area (Å²) in [6.07, 6.45) is 1.58. The second-order valence-corrected chi connectivity index (χ2v) is 4.62. The smallest absolute Gasteiger partial charge is 0.228 e. The highest BCUT2D eigenvalue weighted by atomic mass is 79.9. The molecule has 14 heavy (non-hydrogen) atoms. The van der Waals surface area contributed by atoms with E-state index >= 15 is 0 Å². The minimum Gasteiger partial charge on any atom is -0.326 e. The van der Waals surface area contributed by atoms with Crippen LogP contribution >= 0.6 is 15.9 Å². The fourth-order valence-corrected chi connectivity index (χ4v) is 1.96. The van der Waals surface area contributed by atoms with Gasteiger partial charge < -0.3 is 5.32 Å². The van der Waals surface area contributed by atoms with Crippen molar-refractivity contribution in [3.8, 4) is 0 Å². The second-order valence-electron chi connectivity index (χ2n) is 3.52. The van der Waals surface area contributed by atoms with Gasteiger partial charge in [-0.3, -0.25) is 4.79 Å². The predicted octanol–water partition coefficient (Wildman–Crippen LogP) is 3.03. The van der Waals surface area contributed by atoms with Crippen molar-refractivity contribution in [2.75, 3.05) is 5.32 Å². The second kappa shape index (κ2) is 3.73. The SMILES string of the molecule is CCC(Br)c1ccc2c(c1)CC(=O)N2. The molecule has 1 amide bonds. The van der Waals surface area contributed by atoms with E-state index in [9.17, 15) is 4.79 Å². The van der Waals surface area contributed by atoms with Gasteiger partial charge in [-0.25, -0.2) is 0 Å². The number of benzene rings is 1. The highest BCUT2D eigenvalue weighted by Crippen LogP contribution is 2.31. The van der Waals surface area contributed by atoms with Crippen LogP contribution in [0.2, 0.25) is 0 Å². The standard InChI is InChI=1S/C11H12BrNO/c1-2-9(12)7-3-4-10-8(5-7)6-11(14)13-10/h3-5,9H,2,6H2,1H3,(H,13,14). The van der Waals surface area contributed by atoms with Crippen LogP contribution in [0.5, 0.6) is 0 Å². The molecular weight excluding hydrogens is 242 g/mol. The summed E-state index contributed by atoms with van der Waals surface area (Å²) in [6, 6.07) is 6.16. The van der Waals surface area contributed by atoms with Crippen LogP contribution in [-0.2, 0) is 11.2 Å². The zero-order valence-electron chi connectivity index (χ0n) is 8.01. The normalized spacial score (nSPS) is 16.3. The lowest BCUT2D eigenvalue weighted by molar-refractivity contribution is -0.115. The largest absolute Gasteiger partial charge is 0.326 e. The molecular formula is C11H12BrNO. The fourth-order valence-electron chi connectivity index (χ4n) is 1.68. The Morgan fingerprint density at radius 3 is 3.07 bits per heavy atom. The molecule has 0 bridgehead atoms. The zero-order valence-corrected chi connectivity index (χ0v) is 9.60. The quantitative estimate of drug-likeness (QED) is 0.807. The molecule has 0 fully saturated rings. The lowest BCUT2D eigenvalue weighted by Crippen LogP contribution is -2.03. The number of fused-ring (bicyclic) bond motifs is 1. The number of hydrogen-bond donors (Lipinski definition) is 1. The van der Waals surface area contributed by atoms with Gasteiger partial charge in [0.25, 0.3) is 0 Å². The van der Waals surface area contributed by atoms with Crippen LogP contribution in [0, 0.1) is 0 Å². The van der Waals surface area contributed by atoms with Gasteiger partial charge in [0.2, 0.25) is 5.91 Å². The Kier molecular flexibility index (Phi) is 2.59. The number of anilines is 1. The summed E-state index contributed by atoms with van der Waals surface area (Å²) in [5.41, 5.74) is 3.34. The molecule has 0 aromatic heterocycles. The third-order valence-corrected chi connectivity index (χ3v) is 3.65. The molecule has 0 spiro atoms. The number of nitrogens with one attached hydrogen (secondary N) is 1. The summed E-state index contributed by atoms with van der Waals surface area (Å²) in [5, 5.41) is 2.83. The number of amides is 1. The molecule has 1 atom stereocenters. The molecule has 1 aromatic carbocycles. The average Bonchev–Trinajstić information content (AvgIpc) is 2.55. The van der Waals surface area contributed by atoms with Crippen LogP contribution in [0.25, 0.3) is 0 Å². The maximum Gasteiger partial charge on any atom is 0.228 e. The Morgan fingerprint density at radius 2 is 2.36 bits per heavy atom. The van der Waals surface area contributed by atoms with E-state index in [2.05, 4.69) is 40.3 Å². The molecule has 1 aromatic rings. The minimum absolute atomic E-state index is 0.0970. The van der Waals surface area contributed by atoms with E-state index in [0.29, 0.717) is 11.2 Å². The van der Waals surface area contributed by atoms with Gasteiger partial charge in [-0.05, 0) is 23.6 Å². The summed E-state index contributed by atoms with van der Waals surface area (Å²) >= 11 is 3.60. The number of carbonyl (C=O) groups is 1. The lowest BCUT2D eigenvalue weighted by atomic mass is 10.1. The van der Waals surface area contributed by atoms with Gasteiger partial charge in [-0.15, -0.1) is 0 Å².